The van der Waals surface area contributed by atoms with E-state index in [1.807, 2.05) is 48.5 Å². The molecule has 9 heteroatoms. The molecule has 40 heavy (non-hydrogen) atoms. The van der Waals surface area contributed by atoms with E-state index >= 15 is 0 Å². The summed E-state index contributed by atoms with van der Waals surface area (Å²) in [6.07, 6.45) is 1.06. The van der Waals surface area contributed by atoms with Gasteiger partial charge in [-0.25, -0.2) is 8.42 Å². The number of hydrogen-bond acceptors (Lipinski definition) is 7. The Morgan fingerprint density at radius 2 is 1.68 bits per heavy atom. The Hall–Kier alpha value is -4.05. The standard InChI is InChI=1S/C31H33N3O5S/c1-40(36,37)34-29-18-22(7-12-31(29)39-20-21-5-3-2-4-6-21)30(35)19-33-13-14-38-26-9-11-28-24(17-26)15-23-16-25(32)8-10-27(23)28/h2-12,16-18,30,33-35H,13-15,19-20,32H2,1H3. The van der Waals surface area contributed by atoms with E-state index in [1.165, 1.54) is 22.3 Å². The fraction of sp³-hybridized carbons (Fsp3) is 0.226. The first-order valence-corrected chi connectivity index (χ1v) is 15.0. The number of nitrogens with two attached hydrogens (primary N) is 1. The van der Waals surface area contributed by atoms with Crippen molar-refractivity contribution in [1.82, 2.24) is 5.32 Å². The van der Waals surface area contributed by atoms with Gasteiger partial charge in [-0.3, -0.25) is 4.72 Å². The Morgan fingerprint density at radius 3 is 2.45 bits per heavy atom. The summed E-state index contributed by atoms with van der Waals surface area (Å²) in [5.74, 6) is 1.18. The smallest absolute Gasteiger partial charge is 0.229 e. The van der Waals surface area contributed by atoms with Crippen molar-refractivity contribution in [2.75, 3.05) is 36.4 Å². The lowest BCUT2D eigenvalue weighted by molar-refractivity contribution is 0.172. The third kappa shape index (κ3) is 6.93. The fourth-order valence-corrected chi connectivity index (χ4v) is 5.35. The molecule has 4 aromatic carbocycles. The molecule has 5 N–H and O–H groups in total. The van der Waals surface area contributed by atoms with Gasteiger partial charge in [0.05, 0.1) is 18.0 Å². The van der Waals surface area contributed by atoms with Crippen molar-refractivity contribution in [3.63, 3.8) is 0 Å². The monoisotopic (exact) mass is 559 g/mol. The minimum atomic E-state index is -3.55. The number of sulfonamides is 1. The van der Waals surface area contributed by atoms with Crippen molar-refractivity contribution in [2.45, 2.75) is 19.1 Å². The van der Waals surface area contributed by atoms with Crippen molar-refractivity contribution in [3.8, 4) is 22.6 Å². The quantitative estimate of drug-likeness (QED) is 0.131. The molecule has 0 amide bonds. The van der Waals surface area contributed by atoms with Crippen LogP contribution in [0.4, 0.5) is 11.4 Å². The van der Waals surface area contributed by atoms with Gasteiger partial charge in [-0.1, -0.05) is 48.5 Å². The summed E-state index contributed by atoms with van der Waals surface area (Å²) in [5.41, 5.74) is 13.4. The minimum Gasteiger partial charge on any atom is -0.492 e. The zero-order valence-corrected chi connectivity index (χ0v) is 23.1. The topological polar surface area (TPSA) is 123 Å². The predicted octanol–water partition coefficient (Wildman–Crippen LogP) is 4.49. The van der Waals surface area contributed by atoms with Crippen LogP contribution in [0.25, 0.3) is 11.1 Å². The highest BCUT2D eigenvalue weighted by molar-refractivity contribution is 7.92. The van der Waals surface area contributed by atoms with E-state index in [0.29, 0.717) is 24.5 Å². The van der Waals surface area contributed by atoms with Gasteiger partial charge in [-0.05, 0) is 76.2 Å². The van der Waals surface area contributed by atoms with Gasteiger partial charge in [0.2, 0.25) is 10.0 Å². The van der Waals surface area contributed by atoms with Crippen molar-refractivity contribution < 1.29 is 23.0 Å². The summed E-state index contributed by atoms with van der Waals surface area (Å²) >= 11 is 0. The molecule has 0 saturated heterocycles. The second kappa shape index (κ2) is 12.0. The number of rotatable bonds is 12. The van der Waals surface area contributed by atoms with Gasteiger partial charge in [-0.15, -0.1) is 0 Å². The maximum Gasteiger partial charge on any atom is 0.229 e. The average molecular weight is 560 g/mol. The highest BCUT2D eigenvalue weighted by Crippen LogP contribution is 2.39. The fourth-order valence-electron chi connectivity index (χ4n) is 4.79. The molecule has 1 atom stereocenters. The van der Waals surface area contributed by atoms with Crippen molar-refractivity contribution in [3.05, 3.63) is 107 Å². The molecule has 1 aliphatic rings. The molecule has 0 radical (unpaired) electrons. The number of ether oxygens (including phenoxy) is 2. The van der Waals surface area contributed by atoms with Crippen molar-refractivity contribution >= 4 is 21.4 Å². The lowest BCUT2D eigenvalue weighted by Crippen LogP contribution is -2.26. The van der Waals surface area contributed by atoms with Crippen LogP contribution in [0.2, 0.25) is 0 Å². The number of nitrogens with one attached hydrogen (secondary N) is 2. The normalized spacial score (nSPS) is 12.8. The lowest BCUT2D eigenvalue weighted by Gasteiger charge is -2.17. The number of fused-ring (bicyclic) bond motifs is 3. The lowest BCUT2D eigenvalue weighted by atomic mass is 10.1. The SMILES string of the molecule is CS(=O)(=O)Nc1cc(C(O)CNCCOc2ccc3c(c2)Cc2cc(N)ccc2-3)ccc1OCc1ccccc1. The molecule has 0 fully saturated rings. The van der Waals surface area contributed by atoms with Gasteiger partial charge in [-0.2, -0.15) is 0 Å². The van der Waals surface area contributed by atoms with Crippen molar-refractivity contribution in [1.29, 1.82) is 0 Å². The second-order valence-electron chi connectivity index (χ2n) is 9.88. The predicted molar refractivity (Wildman–Crippen MR) is 158 cm³/mol. The third-order valence-electron chi connectivity index (χ3n) is 6.68. The number of benzene rings is 4. The Balaban J connectivity index is 1.13. The van der Waals surface area contributed by atoms with E-state index in [2.05, 4.69) is 28.2 Å². The average Bonchev–Trinajstić information content (AvgIpc) is 3.28. The van der Waals surface area contributed by atoms with E-state index < -0.39 is 16.1 Å². The molecular formula is C31H33N3O5S. The number of nitrogen functional groups attached to an aromatic ring is 1. The van der Waals surface area contributed by atoms with Crippen LogP contribution in [0.3, 0.4) is 0 Å². The molecule has 8 nitrogen and oxygen atoms in total. The number of aliphatic hydroxyl groups excluding tert-OH is 1. The van der Waals surface area contributed by atoms with Crippen LogP contribution in [0.15, 0.2) is 84.9 Å². The molecule has 5 rings (SSSR count). The van der Waals surface area contributed by atoms with E-state index in [4.69, 9.17) is 15.2 Å². The molecule has 1 aliphatic carbocycles. The number of hydrogen-bond donors (Lipinski definition) is 4. The first kappa shape index (κ1) is 27.5. The molecule has 0 aliphatic heterocycles. The summed E-state index contributed by atoms with van der Waals surface area (Å²) < 4.78 is 38.2. The Labute approximate surface area is 234 Å². The molecule has 208 valence electrons. The molecular weight excluding hydrogens is 526 g/mol. The first-order chi connectivity index (χ1) is 19.2. The third-order valence-corrected chi connectivity index (χ3v) is 7.27. The molecule has 0 aromatic heterocycles. The molecule has 0 saturated carbocycles. The zero-order valence-electron chi connectivity index (χ0n) is 22.3. The number of anilines is 2. The van der Waals surface area contributed by atoms with Gasteiger partial charge in [0.25, 0.3) is 0 Å². The van der Waals surface area contributed by atoms with Crippen LogP contribution in [-0.2, 0) is 23.1 Å². The summed E-state index contributed by atoms with van der Waals surface area (Å²) in [5, 5.41) is 13.9. The first-order valence-electron chi connectivity index (χ1n) is 13.1. The van der Waals surface area contributed by atoms with E-state index in [1.54, 1.807) is 18.2 Å². The Kier molecular flexibility index (Phi) is 8.25. The Morgan fingerprint density at radius 1 is 0.925 bits per heavy atom. The number of aliphatic hydroxyl groups is 1. The second-order valence-corrected chi connectivity index (χ2v) is 11.6. The highest BCUT2D eigenvalue weighted by atomic mass is 32.2. The highest BCUT2D eigenvalue weighted by Gasteiger charge is 2.19. The summed E-state index contributed by atoms with van der Waals surface area (Å²) in [6, 6.07) is 26.7. The van der Waals surface area contributed by atoms with E-state index in [9.17, 15) is 13.5 Å². The minimum absolute atomic E-state index is 0.271. The van der Waals surface area contributed by atoms with Crippen LogP contribution < -0.4 is 25.2 Å². The molecule has 0 bridgehead atoms. The molecule has 0 spiro atoms. The zero-order chi connectivity index (χ0) is 28.1. The van der Waals surface area contributed by atoms with Crippen LogP contribution in [0.5, 0.6) is 11.5 Å². The maximum absolute atomic E-state index is 11.9. The Bertz CT molecular complexity index is 1590. The van der Waals surface area contributed by atoms with E-state index in [0.717, 1.165) is 29.7 Å². The molecule has 4 aromatic rings. The largest absolute Gasteiger partial charge is 0.492 e. The van der Waals surface area contributed by atoms with Gasteiger partial charge in [0.15, 0.2) is 0 Å². The van der Waals surface area contributed by atoms with Gasteiger partial charge >= 0.3 is 0 Å². The van der Waals surface area contributed by atoms with Crippen molar-refractivity contribution in [2.24, 2.45) is 0 Å². The summed E-state index contributed by atoms with van der Waals surface area (Å²) in [4.78, 5) is 0. The van der Waals surface area contributed by atoms with Gasteiger partial charge in [0, 0.05) is 18.8 Å². The van der Waals surface area contributed by atoms with Crippen LogP contribution in [0, 0.1) is 0 Å². The summed E-state index contributed by atoms with van der Waals surface area (Å²) in [7, 11) is -3.55. The van der Waals surface area contributed by atoms with Crippen LogP contribution in [0.1, 0.15) is 28.4 Å². The maximum atomic E-state index is 11.9. The molecule has 0 heterocycles. The van der Waals surface area contributed by atoms with Gasteiger partial charge < -0.3 is 25.6 Å². The van der Waals surface area contributed by atoms with E-state index in [-0.39, 0.29) is 18.8 Å². The van der Waals surface area contributed by atoms with Crippen LogP contribution >= 0.6 is 0 Å². The molecule has 1 unspecified atom stereocenters. The van der Waals surface area contributed by atoms with Gasteiger partial charge in [0.1, 0.15) is 24.7 Å². The van der Waals surface area contributed by atoms with Crippen LogP contribution in [-0.4, -0.2) is 39.5 Å². The summed E-state index contributed by atoms with van der Waals surface area (Å²) in [6.45, 7) is 1.51.